The number of nitrogens with zero attached hydrogens (tertiary/aromatic N) is 4. The predicted octanol–water partition coefficient (Wildman–Crippen LogP) is 4.38. The molecule has 1 N–H and O–H groups in total. The van der Waals surface area contributed by atoms with Crippen LogP contribution < -0.4 is 10.2 Å². The smallest absolute Gasteiger partial charge is 0.233 e. The first kappa shape index (κ1) is 20.3. The molecular weight excluding hydrogens is 426 g/mol. The summed E-state index contributed by atoms with van der Waals surface area (Å²) in [7, 11) is 0. The van der Waals surface area contributed by atoms with E-state index in [0.717, 1.165) is 42.4 Å². The van der Waals surface area contributed by atoms with Gasteiger partial charge < -0.3 is 10.2 Å². The van der Waals surface area contributed by atoms with Crippen molar-refractivity contribution in [2.75, 3.05) is 18.0 Å². The topological polar surface area (TPSA) is 63.1 Å². The molecule has 4 rings (SSSR count). The van der Waals surface area contributed by atoms with Crippen LogP contribution in [0, 0.1) is 0 Å². The number of benzene rings is 1. The third kappa shape index (κ3) is 4.76. The number of hydrogen-bond acceptors (Lipinski definition) is 6. The number of halogens is 1. The molecule has 2 aromatic heterocycles. The molecule has 1 atom stereocenters. The molecule has 0 aliphatic carbocycles. The molecule has 3 aromatic rings. The standard InChI is InChI=1S/C20H22ClN5OS2/c1-14(18(27)22-13-17-8-5-11-28-17)29-20-24-23-19(25-9-2-3-10-25)26(20)16-7-4-6-15(21)12-16/h4-8,11-12,14H,2-3,9-10,13H2,1H3,(H,22,27). The molecule has 1 amide bonds. The Morgan fingerprint density at radius 1 is 1.28 bits per heavy atom. The van der Waals surface area contributed by atoms with E-state index >= 15 is 0 Å². The van der Waals surface area contributed by atoms with Crippen molar-refractivity contribution < 1.29 is 4.79 Å². The molecular formula is C20H22ClN5OS2. The number of rotatable bonds is 7. The van der Waals surface area contributed by atoms with Crippen LogP contribution in [0.1, 0.15) is 24.6 Å². The Kier molecular flexibility index (Phi) is 6.42. The fourth-order valence-electron chi connectivity index (χ4n) is 3.24. The third-order valence-electron chi connectivity index (χ3n) is 4.74. The van der Waals surface area contributed by atoms with Gasteiger partial charge >= 0.3 is 0 Å². The monoisotopic (exact) mass is 447 g/mol. The van der Waals surface area contributed by atoms with E-state index in [2.05, 4.69) is 20.4 Å². The van der Waals surface area contributed by atoms with Crippen molar-refractivity contribution in [2.24, 2.45) is 0 Å². The number of aromatic nitrogens is 3. The van der Waals surface area contributed by atoms with Crippen molar-refractivity contribution in [1.29, 1.82) is 0 Å². The average molecular weight is 448 g/mol. The molecule has 1 unspecified atom stereocenters. The molecule has 0 radical (unpaired) electrons. The molecule has 152 valence electrons. The van der Waals surface area contributed by atoms with Crippen molar-refractivity contribution in [3.63, 3.8) is 0 Å². The lowest BCUT2D eigenvalue weighted by Gasteiger charge is -2.19. The maximum Gasteiger partial charge on any atom is 0.233 e. The third-order valence-corrected chi connectivity index (χ3v) is 6.89. The lowest BCUT2D eigenvalue weighted by Crippen LogP contribution is -2.30. The zero-order valence-electron chi connectivity index (χ0n) is 16.0. The van der Waals surface area contributed by atoms with Crippen LogP contribution in [0.3, 0.4) is 0 Å². The molecule has 1 saturated heterocycles. The first-order chi connectivity index (χ1) is 14.1. The normalized spacial score (nSPS) is 14.9. The van der Waals surface area contributed by atoms with Gasteiger partial charge in [0, 0.05) is 23.0 Å². The van der Waals surface area contributed by atoms with E-state index in [1.165, 1.54) is 11.8 Å². The molecule has 9 heteroatoms. The lowest BCUT2D eigenvalue weighted by atomic mass is 10.3. The zero-order chi connectivity index (χ0) is 20.2. The van der Waals surface area contributed by atoms with Gasteiger partial charge in [-0.2, -0.15) is 0 Å². The quantitative estimate of drug-likeness (QED) is 0.544. The van der Waals surface area contributed by atoms with Crippen LogP contribution in [0.2, 0.25) is 5.02 Å². The Hall–Kier alpha value is -2.03. The molecule has 3 heterocycles. The summed E-state index contributed by atoms with van der Waals surface area (Å²) in [5.74, 6) is 0.783. The van der Waals surface area contributed by atoms with Crippen molar-refractivity contribution in [2.45, 2.75) is 36.7 Å². The molecule has 0 saturated carbocycles. The van der Waals surface area contributed by atoms with E-state index in [1.54, 1.807) is 11.3 Å². The number of carbonyl (C=O) groups excluding carboxylic acids is 1. The first-order valence-corrected chi connectivity index (χ1v) is 11.7. The van der Waals surface area contributed by atoms with E-state index in [9.17, 15) is 4.79 Å². The summed E-state index contributed by atoms with van der Waals surface area (Å²) < 4.78 is 2.00. The van der Waals surface area contributed by atoms with Gasteiger partial charge in [-0.05, 0) is 49.4 Å². The summed E-state index contributed by atoms with van der Waals surface area (Å²) in [5, 5.41) is 14.9. The molecule has 1 aromatic carbocycles. The van der Waals surface area contributed by atoms with E-state index in [4.69, 9.17) is 11.6 Å². The van der Waals surface area contributed by atoms with Crippen LogP contribution in [-0.4, -0.2) is 39.0 Å². The Balaban J connectivity index is 1.55. The molecule has 29 heavy (non-hydrogen) atoms. The highest BCUT2D eigenvalue weighted by Crippen LogP contribution is 2.31. The summed E-state index contributed by atoms with van der Waals surface area (Å²) in [6.45, 7) is 4.35. The van der Waals surface area contributed by atoms with Crippen LogP contribution in [0.15, 0.2) is 46.9 Å². The second-order valence-electron chi connectivity index (χ2n) is 6.85. The van der Waals surface area contributed by atoms with Crippen molar-refractivity contribution >= 4 is 46.6 Å². The van der Waals surface area contributed by atoms with E-state index in [1.807, 2.05) is 53.3 Å². The number of thioether (sulfide) groups is 1. The van der Waals surface area contributed by atoms with Crippen LogP contribution in [0.4, 0.5) is 5.95 Å². The molecule has 1 aliphatic rings. The van der Waals surface area contributed by atoms with Gasteiger partial charge in [0.1, 0.15) is 0 Å². The minimum atomic E-state index is -0.302. The lowest BCUT2D eigenvalue weighted by molar-refractivity contribution is -0.120. The van der Waals surface area contributed by atoms with E-state index < -0.39 is 0 Å². The molecule has 0 bridgehead atoms. The summed E-state index contributed by atoms with van der Waals surface area (Å²) in [5.41, 5.74) is 0.901. The Bertz CT molecular complexity index is 969. The van der Waals surface area contributed by atoms with Gasteiger partial charge in [0.25, 0.3) is 0 Å². The SMILES string of the molecule is CC(Sc1nnc(N2CCCC2)n1-c1cccc(Cl)c1)C(=O)NCc1cccs1. The summed E-state index contributed by atoms with van der Waals surface area (Å²) in [4.78, 5) is 16.0. The number of thiophene rings is 1. The second-order valence-corrected chi connectivity index (χ2v) is 9.63. The maximum atomic E-state index is 12.6. The van der Waals surface area contributed by atoms with E-state index in [-0.39, 0.29) is 11.2 Å². The fraction of sp³-hybridized carbons (Fsp3) is 0.350. The molecule has 0 spiro atoms. The highest BCUT2D eigenvalue weighted by molar-refractivity contribution is 8.00. The largest absolute Gasteiger partial charge is 0.350 e. The number of amides is 1. The van der Waals surface area contributed by atoms with E-state index in [0.29, 0.717) is 16.7 Å². The number of carbonyl (C=O) groups is 1. The molecule has 1 fully saturated rings. The summed E-state index contributed by atoms with van der Waals surface area (Å²) in [6, 6.07) is 11.6. The van der Waals surface area contributed by atoms with Crippen molar-refractivity contribution in [3.05, 3.63) is 51.7 Å². The fourth-order valence-corrected chi connectivity index (χ4v) is 4.96. The van der Waals surface area contributed by atoms with Crippen LogP contribution in [0.5, 0.6) is 0 Å². The van der Waals surface area contributed by atoms with Gasteiger partial charge in [-0.3, -0.25) is 9.36 Å². The highest BCUT2D eigenvalue weighted by atomic mass is 35.5. The van der Waals surface area contributed by atoms with Gasteiger partial charge in [-0.1, -0.05) is 35.5 Å². The minimum absolute atomic E-state index is 0.0215. The Morgan fingerprint density at radius 3 is 2.83 bits per heavy atom. The van der Waals surface area contributed by atoms with Gasteiger partial charge in [0.2, 0.25) is 11.9 Å². The van der Waals surface area contributed by atoms with Gasteiger partial charge in [0.05, 0.1) is 17.5 Å². The minimum Gasteiger partial charge on any atom is -0.350 e. The highest BCUT2D eigenvalue weighted by Gasteiger charge is 2.25. The second kappa shape index (κ2) is 9.19. The van der Waals surface area contributed by atoms with Crippen LogP contribution in [0.25, 0.3) is 5.69 Å². The molecule has 6 nitrogen and oxygen atoms in total. The maximum absolute atomic E-state index is 12.6. The number of anilines is 1. The van der Waals surface area contributed by atoms with Crippen molar-refractivity contribution in [3.8, 4) is 5.69 Å². The van der Waals surface area contributed by atoms with Crippen LogP contribution in [-0.2, 0) is 11.3 Å². The first-order valence-electron chi connectivity index (χ1n) is 9.55. The zero-order valence-corrected chi connectivity index (χ0v) is 18.4. The van der Waals surface area contributed by atoms with Crippen LogP contribution >= 0.6 is 34.7 Å². The Labute approximate surface area is 183 Å². The average Bonchev–Trinajstić information content (AvgIpc) is 3.47. The number of nitrogens with one attached hydrogen (secondary N) is 1. The summed E-state index contributed by atoms with van der Waals surface area (Å²) in [6.07, 6.45) is 2.29. The van der Waals surface area contributed by atoms with Gasteiger partial charge in [-0.15, -0.1) is 21.5 Å². The van der Waals surface area contributed by atoms with Gasteiger partial charge in [-0.25, -0.2) is 0 Å². The van der Waals surface area contributed by atoms with Crippen molar-refractivity contribution in [1.82, 2.24) is 20.1 Å². The predicted molar refractivity (Wildman–Crippen MR) is 119 cm³/mol. The Morgan fingerprint density at radius 2 is 2.10 bits per heavy atom. The van der Waals surface area contributed by atoms with Gasteiger partial charge in [0.15, 0.2) is 5.16 Å². The number of hydrogen-bond donors (Lipinski definition) is 1. The summed E-state index contributed by atoms with van der Waals surface area (Å²) >= 11 is 9.27. The molecule has 1 aliphatic heterocycles.